The van der Waals surface area contributed by atoms with Crippen LogP contribution in [0, 0.1) is 0 Å². The molecule has 1 radical (unpaired) electrons. The van der Waals surface area contributed by atoms with E-state index in [1.165, 1.54) is 71.6 Å². The maximum absolute atomic E-state index is 7.08. The van der Waals surface area contributed by atoms with Gasteiger partial charge in [-0.05, 0) is 152 Å². The largest absolute Gasteiger partial charge is 0.456 e. The first-order valence-corrected chi connectivity index (χ1v) is 27.2. The highest BCUT2D eigenvalue weighted by Crippen LogP contribution is 2.53. The van der Waals surface area contributed by atoms with E-state index < -0.39 is 0 Å². The Kier molecular flexibility index (Phi) is 9.25. The van der Waals surface area contributed by atoms with E-state index in [1.807, 2.05) is 0 Å². The van der Waals surface area contributed by atoms with E-state index in [0.29, 0.717) is 0 Å². The lowest BCUT2D eigenvalue weighted by molar-refractivity contribution is 0.332. The van der Waals surface area contributed by atoms with Crippen LogP contribution in [0.25, 0.3) is 99.8 Å². The third-order valence-electron chi connectivity index (χ3n) is 18.0. The van der Waals surface area contributed by atoms with Crippen LogP contribution in [0.1, 0.15) is 103 Å². The van der Waals surface area contributed by atoms with Crippen LogP contribution in [0.15, 0.2) is 174 Å². The summed E-state index contributed by atoms with van der Waals surface area (Å²) in [5.41, 5.74) is 25.6. The minimum Gasteiger partial charge on any atom is -0.456 e. The van der Waals surface area contributed by atoms with Crippen molar-refractivity contribution in [2.45, 2.75) is 96.8 Å². The Morgan fingerprint density at radius 3 is 1.96 bits per heavy atom. The second kappa shape index (κ2) is 15.5. The van der Waals surface area contributed by atoms with Gasteiger partial charge in [0.2, 0.25) is 0 Å². The number of aromatic nitrogens is 3. The van der Waals surface area contributed by atoms with Crippen LogP contribution in [-0.4, -0.2) is 21.4 Å². The predicted octanol–water partition coefficient (Wildman–Crippen LogP) is 17.0. The van der Waals surface area contributed by atoms with E-state index in [2.05, 4.69) is 254 Å². The number of nitrogens with one attached hydrogen (secondary N) is 1. The number of rotatable bonds is 5. The van der Waals surface area contributed by atoms with Crippen LogP contribution in [0.4, 0.5) is 11.4 Å². The van der Waals surface area contributed by atoms with Crippen LogP contribution in [0.3, 0.4) is 0 Å². The third kappa shape index (κ3) is 6.49. The third-order valence-corrected chi connectivity index (χ3v) is 18.0. The van der Waals surface area contributed by atoms with Crippen molar-refractivity contribution in [2.24, 2.45) is 0 Å². The van der Waals surface area contributed by atoms with Gasteiger partial charge in [-0.15, -0.1) is 0 Å². The number of hydrogen-bond acceptors (Lipinski definition) is 3. The monoisotopic (exact) mass is 983 g/mol. The fourth-order valence-electron chi connectivity index (χ4n) is 13.6. The molecule has 0 unspecified atom stereocenters. The molecule has 0 saturated heterocycles. The number of nitrogens with zero attached hydrogens (tertiary/aromatic N) is 3. The summed E-state index contributed by atoms with van der Waals surface area (Å²) in [5, 5.41) is 8.78. The maximum Gasteiger partial charge on any atom is 0.198 e. The second-order valence-corrected chi connectivity index (χ2v) is 25.0. The first-order valence-electron chi connectivity index (χ1n) is 27.2. The Balaban J connectivity index is 1.02. The van der Waals surface area contributed by atoms with E-state index in [4.69, 9.17) is 9.40 Å². The van der Waals surface area contributed by atoms with Gasteiger partial charge in [0.05, 0.1) is 16.6 Å². The molecule has 0 bridgehead atoms. The first-order chi connectivity index (χ1) is 36.5. The number of imidazole rings is 1. The number of benzene rings is 9. The summed E-state index contributed by atoms with van der Waals surface area (Å²) in [6.07, 6.45) is 2.30. The standard InChI is InChI=1S/C70H60BN4O/c1-67(2,3)41-24-26-42(27-25-41)72-57-34-51-50-33-54-55(69(6,7)31-30-68(54,4)5)37-63(50)76-62(51)36-48(57)45-28-29-46-49-32-53-47(44-22-16-17-23-52(44)70(53,8)9)35-59(49)75-60-39-61-58(38-56(60)71-64(45)65(46)75)73-66(40-18-12-10-13-19-40)74(61)43-20-14-11-15-21-43/h10-29,32-39,72H,30-31H2,1-9H3. The number of hydrogen-bond donors (Lipinski definition) is 1. The molecule has 76 heavy (non-hydrogen) atoms. The van der Waals surface area contributed by atoms with E-state index in [0.717, 1.165) is 91.2 Å². The highest BCUT2D eigenvalue weighted by Gasteiger charge is 2.39. The van der Waals surface area contributed by atoms with Gasteiger partial charge in [-0.1, -0.05) is 165 Å². The van der Waals surface area contributed by atoms with Gasteiger partial charge in [-0.2, -0.15) is 0 Å². The van der Waals surface area contributed by atoms with Gasteiger partial charge in [0.25, 0.3) is 0 Å². The van der Waals surface area contributed by atoms with Gasteiger partial charge in [-0.25, -0.2) is 4.98 Å². The van der Waals surface area contributed by atoms with Gasteiger partial charge < -0.3 is 14.3 Å². The van der Waals surface area contributed by atoms with E-state index >= 15 is 0 Å². The van der Waals surface area contributed by atoms with Gasteiger partial charge in [0.1, 0.15) is 17.0 Å². The van der Waals surface area contributed by atoms with Crippen LogP contribution < -0.4 is 16.2 Å². The lowest BCUT2D eigenvalue weighted by Gasteiger charge is -2.41. The number of furan rings is 1. The molecule has 9 aromatic carbocycles. The highest BCUT2D eigenvalue weighted by atomic mass is 16.3. The molecule has 12 aromatic rings. The number of anilines is 2. The lowest BCUT2D eigenvalue weighted by Crippen LogP contribution is -2.37. The minimum atomic E-state index is -0.151. The van der Waals surface area contributed by atoms with Crippen molar-refractivity contribution < 1.29 is 4.42 Å². The molecule has 2 aliphatic carbocycles. The number of para-hydroxylation sites is 1. The topological polar surface area (TPSA) is 47.9 Å². The molecule has 5 nitrogen and oxygen atoms in total. The first kappa shape index (κ1) is 45.3. The quantitative estimate of drug-likeness (QED) is 0.175. The Morgan fingerprint density at radius 1 is 0.539 bits per heavy atom. The fourth-order valence-corrected chi connectivity index (χ4v) is 13.6. The molecular weight excluding hydrogens is 924 g/mol. The summed E-state index contributed by atoms with van der Waals surface area (Å²) in [6, 6.07) is 63.2. The van der Waals surface area contributed by atoms with Crippen molar-refractivity contribution in [3.05, 3.63) is 198 Å². The average molecular weight is 984 g/mol. The van der Waals surface area contributed by atoms with Gasteiger partial charge in [0, 0.05) is 66.4 Å². The zero-order valence-electron chi connectivity index (χ0n) is 44.9. The molecule has 4 heterocycles. The maximum atomic E-state index is 7.08. The van der Waals surface area contributed by atoms with Crippen molar-refractivity contribution in [1.82, 2.24) is 14.1 Å². The van der Waals surface area contributed by atoms with Crippen molar-refractivity contribution in [2.75, 3.05) is 5.32 Å². The van der Waals surface area contributed by atoms with Crippen molar-refractivity contribution in [1.29, 1.82) is 0 Å². The second-order valence-electron chi connectivity index (χ2n) is 25.0. The van der Waals surface area contributed by atoms with Crippen molar-refractivity contribution in [3.8, 4) is 45.0 Å². The van der Waals surface area contributed by atoms with E-state index in [-0.39, 0.29) is 21.7 Å². The molecule has 3 aliphatic rings. The van der Waals surface area contributed by atoms with Crippen LogP contribution in [-0.2, 0) is 21.7 Å². The Labute approximate surface area is 445 Å². The molecule has 369 valence electrons. The van der Waals surface area contributed by atoms with Crippen molar-refractivity contribution >= 4 is 84.4 Å². The summed E-state index contributed by atoms with van der Waals surface area (Å²) in [7, 11) is 2.44. The summed E-state index contributed by atoms with van der Waals surface area (Å²) in [6.45, 7) is 21.2. The Hall–Kier alpha value is -8.09. The van der Waals surface area contributed by atoms with Crippen LogP contribution in [0.2, 0.25) is 0 Å². The fraction of sp³-hybridized carbons (Fsp3) is 0.214. The molecule has 0 amide bonds. The van der Waals surface area contributed by atoms with Gasteiger partial charge in [0.15, 0.2) is 7.28 Å². The number of fused-ring (bicyclic) bond motifs is 13. The summed E-state index contributed by atoms with van der Waals surface area (Å²) < 4.78 is 12.0. The molecular formula is C70H60BN4O. The molecule has 6 heteroatoms. The van der Waals surface area contributed by atoms with E-state index in [9.17, 15) is 0 Å². The van der Waals surface area contributed by atoms with Gasteiger partial charge in [-0.3, -0.25) is 4.57 Å². The lowest BCUT2D eigenvalue weighted by atomic mass is 9.59. The molecule has 0 spiro atoms. The van der Waals surface area contributed by atoms with E-state index in [1.54, 1.807) is 0 Å². The minimum absolute atomic E-state index is 0.0378. The predicted molar refractivity (Wildman–Crippen MR) is 320 cm³/mol. The Bertz CT molecular complexity index is 4450. The van der Waals surface area contributed by atoms with Crippen LogP contribution in [0.5, 0.6) is 0 Å². The smallest absolute Gasteiger partial charge is 0.198 e. The molecule has 15 rings (SSSR count). The molecule has 3 aromatic heterocycles. The molecule has 1 aliphatic heterocycles. The Morgan fingerprint density at radius 2 is 1.21 bits per heavy atom. The molecule has 0 atom stereocenters. The SMILES string of the molecule is CC(C)(C)c1ccc(Nc2cc3c(cc2-c2ccc4c5cc6c(cc5n5c4c2[B]c2cc4nc(-c7ccccc7)n(-c7ccccc7)c4cc2-5)-c2ccccc2C6(C)C)oc2cc4c(cc23)C(C)(C)CCC4(C)C)cc1. The highest BCUT2D eigenvalue weighted by molar-refractivity contribution is 6.73. The normalized spacial score (nSPS) is 15.8. The molecule has 0 saturated carbocycles. The molecule has 0 fully saturated rings. The zero-order valence-corrected chi connectivity index (χ0v) is 44.9. The van der Waals surface area contributed by atoms with Gasteiger partial charge >= 0.3 is 0 Å². The summed E-state index contributed by atoms with van der Waals surface area (Å²) in [5.74, 6) is 0.917. The molecule has 1 N–H and O–H groups in total. The average Bonchev–Trinajstić information content (AvgIpc) is 4.21. The summed E-state index contributed by atoms with van der Waals surface area (Å²) in [4.78, 5) is 5.49. The zero-order chi connectivity index (χ0) is 51.8. The van der Waals surface area contributed by atoms with Crippen LogP contribution >= 0.6 is 0 Å². The van der Waals surface area contributed by atoms with Crippen molar-refractivity contribution in [3.63, 3.8) is 0 Å². The summed E-state index contributed by atoms with van der Waals surface area (Å²) >= 11 is 0.